The van der Waals surface area contributed by atoms with Crippen molar-refractivity contribution in [1.29, 1.82) is 0 Å². The fraction of sp³-hybridized carbons (Fsp3) is 0.0455. The molecule has 1 heterocycles. The lowest BCUT2D eigenvalue weighted by atomic mass is 10.1. The Bertz CT molecular complexity index is 1560. The lowest BCUT2D eigenvalue weighted by Gasteiger charge is -2.08. The monoisotopic (exact) mass is 509 g/mol. The molecule has 0 fully saturated rings. The Labute approximate surface area is 192 Å². The molecule has 3 aromatic carbocycles. The van der Waals surface area contributed by atoms with Crippen molar-refractivity contribution in [2.24, 2.45) is 0 Å². The third kappa shape index (κ3) is 4.56. The fourth-order valence-corrected chi connectivity index (χ4v) is 6.91. The van der Waals surface area contributed by atoms with E-state index >= 15 is 0 Å². The molecule has 1 aromatic heterocycles. The number of nitrogens with zero attached hydrogens (tertiary/aromatic N) is 1. The molecule has 0 saturated heterocycles. The van der Waals surface area contributed by atoms with Crippen LogP contribution >= 0.6 is 11.3 Å². The highest BCUT2D eigenvalue weighted by molar-refractivity contribution is 7.93. The van der Waals surface area contributed by atoms with E-state index < -0.39 is 46.4 Å². The quantitative estimate of drug-likeness (QED) is 0.373. The molecular formula is C22H14F3NO4S3. The van der Waals surface area contributed by atoms with Crippen LogP contribution in [0.2, 0.25) is 0 Å². The summed E-state index contributed by atoms with van der Waals surface area (Å²) >= 11 is 0.653. The van der Waals surface area contributed by atoms with Crippen molar-refractivity contribution < 1.29 is 30.0 Å². The van der Waals surface area contributed by atoms with Gasteiger partial charge in [-0.2, -0.15) is 0 Å². The van der Waals surface area contributed by atoms with Crippen molar-refractivity contribution in [1.82, 2.24) is 4.98 Å². The van der Waals surface area contributed by atoms with Crippen molar-refractivity contribution >= 4 is 31.0 Å². The predicted octanol–water partition coefficient (Wildman–Crippen LogP) is 5.13. The molecule has 0 radical (unpaired) electrons. The van der Waals surface area contributed by atoms with E-state index in [4.69, 9.17) is 0 Å². The van der Waals surface area contributed by atoms with Gasteiger partial charge in [0, 0.05) is 23.4 Å². The van der Waals surface area contributed by atoms with Gasteiger partial charge in [0.2, 0.25) is 14.2 Å². The summed E-state index contributed by atoms with van der Waals surface area (Å²) in [5, 5.41) is 0. The smallest absolute Gasteiger partial charge is 0.224 e. The van der Waals surface area contributed by atoms with Gasteiger partial charge in [-0.1, -0.05) is 18.2 Å². The summed E-state index contributed by atoms with van der Waals surface area (Å²) in [5.41, 5.74) is 0.619. The first-order chi connectivity index (χ1) is 15.5. The molecule has 0 saturated carbocycles. The van der Waals surface area contributed by atoms with Crippen LogP contribution < -0.4 is 0 Å². The highest BCUT2D eigenvalue weighted by Gasteiger charge is 2.28. The number of thiazole rings is 1. The maximum absolute atomic E-state index is 13.7. The molecule has 4 rings (SSSR count). The van der Waals surface area contributed by atoms with Gasteiger partial charge in [0.25, 0.3) is 0 Å². The summed E-state index contributed by atoms with van der Waals surface area (Å²) in [7, 11) is -8.16. The summed E-state index contributed by atoms with van der Waals surface area (Å²) in [6, 6.07) is 12.9. The highest BCUT2D eigenvalue weighted by Crippen LogP contribution is 2.42. The second-order valence-electron chi connectivity index (χ2n) is 7.04. The van der Waals surface area contributed by atoms with Crippen LogP contribution in [0.25, 0.3) is 21.7 Å². The number of hydrogen-bond acceptors (Lipinski definition) is 6. The summed E-state index contributed by atoms with van der Waals surface area (Å²) < 4.78 is 91.3. The standard InChI is InChI=1S/C22H14F3NO4S3/c1-32(27,28)19-5-3-2-4-18(19)21-20(13-6-8-14(23)9-7-13)26-22(31-21)33(29,30)17-11-15(24)10-16(25)12-17/h2-12H,1H3. The molecule has 170 valence electrons. The zero-order valence-corrected chi connectivity index (χ0v) is 19.2. The number of aromatic nitrogens is 1. The van der Waals surface area contributed by atoms with Gasteiger partial charge in [-0.3, -0.25) is 0 Å². The van der Waals surface area contributed by atoms with Crippen LogP contribution in [0.1, 0.15) is 0 Å². The second-order valence-corrected chi connectivity index (χ2v) is 12.1. The van der Waals surface area contributed by atoms with Crippen molar-refractivity contribution in [2.45, 2.75) is 14.1 Å². The number of halogens is 3. The molecule has 0 aliphatic heterocycles. The summed E-state index contributed by atoms with van der Waals surface area (Å²) in [6.45, 7) is 0. The van der Waals surface area contributed by atoms with Gasteiger partial charge in [-0.25, -0.2) is 35.0 Å². The van der Waals surface area contributed by atoms with E-state index in [0.29, 0.717) is 35.1 Å². The number of benzene rings is 3. The molecule has 0 aliphatic rings. The Kier molecular flexibility index (Phi) is 5.89. The zero-order valence-electron chi connectivity index (χ0n) is 16.8. The van der Waals surface area contributed by atoms with Crippen LogP contribution in [-0.2, 0) is 19.7 Å². The molecule has 11 heteroatoms. The third-order valence-electron chi connectivity index (χ3n) is 4.63. The van der Waals surface area contributed by atoms with Gasteiger partial charge in [0.05, 0.1) is 20.4 Å². The summed E-state index contributed by atoms with van der Waals surface area (Å²) in [5.74, 6) is -2.69. The molecule has 0 spiro atoms. The van der Waals surface area contributed by atoms with E-state index in [0.717, 1.165) is 18.4 Å². The Morgan fingerprint density at radius 2 is 1.39 bits per heavy atom. The molecule has 0 amide bonds. The van der Waals surface area contributed by atoms with Gasteiger partial charge in [-0.15, -0.1) is 11.3 Å². The van der Waals surface area contributed by atoms with E-state index in [2.05, 4.69) is 4.98 Å². The highest BCUT2D eigenvalue weighted by atomic mass is 32.2. The Morgan fingerprint density at radius 1 is 0.788 bits per heavy atom. The van der Waals surface area contributed by atoms with Crippen molar-refractivity contribution in [3.8, 4) is 21.7 Å². The van der Waals surface area contributed by atoms with Crippen molar-refractivity contribution in [3.63, 3.8) is 0 Å². The fourth-order valence-electron chi connectivity index (χ4n) is 3.16. The molecule has 0 N–H and O–H groups in total. The van der Waals surface area contributed by atoms with E-state index in [1.54, 1.807) is 6.07 Å². The van der Waals surface area contributed by atoms with Crippen molar-refractivity contribution in [3.05, 3.63) is 84.2 Å². The van der Waals surface area contributed by atoms with Crippen LogP contribution in [0.4, 0.5) is 13.2 Å². The van der Waals surface area contributed by atoms with Crippen molar-refractivity contribution in [2.75, 3.05) is 6.26 Å². The maximum atomic E-state index is 13.7. The SMILES string of the molecule is CS(=O)(=O)c1ccccc1-c1sc(S(=O)(=O)c2cc(F)cc(F)c2)nc1-c1ccc(F)cc1. The van der Waals surface area contributed by atoms with E-state index in [1.807, 2.05) is 0 Å². The minimum Gasteiger partial charge on any atom is -0.224 e. The molecule has 0 unspecified atom stereocenters. The van der Waals surface area contributed by atoms with E-state index in [-0.39, 0.29) is 21.0 Å². The average Bonchev–Trinajstić information content (AvgIpc) is 3.19. The van der Waals surface area contributed by atoms with Crippen LogP contribution in [0, 0.1) is 17.5 Å². The molecule has 5 nitrogen and oxygen atoms in total. The lowest BCUT2D eigenvalue weighted by Crippen LogP contribution is -2.03. The van der Waals surface area contributed by atoms with Crippen LogP contribution in [0.5, 0.6) is 0 Å². The van der Waals surface area contributed by atoms with Crippen LogP contribution in [-0.4, -0.2) is 28.1 Å². The van der Waals surface area contributed by atoms with Gasteiger partial charge >= 0.3 is 0 Å². The third-order valence-corrected chi connectivity index (χ3v) is 8.99. The second kappa shape index (κ2) is 8.40. The Morgan fingerprint density at radius 3 is 2.00 bits per heavy atom. The minimum atomic E-state index is -4.45. The first-order valence-electron chi connectivity index (χ1n) is 9.24. The minimum absolute atomic E-state index is 0.0576. The number of hydrogen-bond donors (Lipinski definition) is 0. The Hall–Kier alpha value is -3.02. The van der Waals surface area contributed by atoms with Gasteiger partial charge in [0.1, 0.15) is 17.5 Å². The van der Waals surface area contributed by atoms with E-state index in [1.165, 1.54) is 30.3 Å². The van der Waals surface area contributed by atoms with Gasteiger partial charge in [-0.05, 0) is 42.5 Å². The first-order valence-corrected chi connectivity index (χ1v) is 13.4. The molecular weight excluding hydrogens is 495 g/mol. The van der Waals surface area contributed by atoms with Crippen LogP contribution in [0.15, 0.2) is 80.9 Å². The topological polar surface area (TPSA) is 81.2 Å². The lowest BCUT2D eigenvalue weighted by molar-refractivity contribution is 0.567. The molecule has 0 bridgehead atoms. The first kappa shape index (κ1) is 23.1. The van der Waals surface area contributed by atoms with Crippen LogP contribution in [0.3, 0.4) is 0 Å². The number of sulfone groups is 2. The average molecular weight is 510 g/mol. The zero-order chi connectivity index (χ0) is 24.0. The normalized spacial score (nSPS) is 12.1. The molecule has 0 aliphatic carbocycles. The summed E-state index contributed by atoms with van der Waals surface area (Å²) in [6.07, 6.45) is 1.01. The molecule has 4 aromatic rings. The van der Waals surface area contributed by atoms with E-state index in [9.17, 15) is 30.0 Å². The summed E-state index contributed by atoms with van der Waals surface area (Å²) in [4.78, 5) is 3.68. The predicted molar refractivity (Wildman–Crippen MR) is 118 cm³/mol. The van der Waals surface area contributed by atoms with Gasteiger partial charge in [0.15, 0.2) is 9.84 Å². The van der Waals surface area contributed by atoms with Gasteiger partial charge < -0.3 is 0 Å². The molecule has 33 heavy (non-hydrogen) atoms. The maximum Gasteiger partial charge on any atom is 0.233 e. The largest absolute Gasteiger partial charge is 0.233 e. The Balaban J connectivity index is 2.01. The molecule has 0 atom stereocenters. The number of rotatable bonds is 5.